The molecule has 1 fully saturated rings. The zero-order valence-electron chi connectivity index (χ0n) is 18.7. The molecule has 1 aliphatic heterocycles. The van der Waals surface area contributed by atoms with Crippen LogP contribution >= 0.6 is 0 Å². The number of sulfonamides is 1. The Kier molecular flexibility index (Phi) is 6.46. The van der Waals surface area contributed by atoms with Gasteiger partial charge in [-0.25, -0.2) is 8.42 Å². The van der Waals surface area contributed by atoms with Crippen molar-refractivity contribution in [1.82, 2.24) is 0 Å². The fourth-order valence-corrected chi connectivity index (χ4v) is 4.25. The standard InChI is InChI=1S/C24H30N2O4S/c1-24(2,3)21-16-20(26-14-6-7-22(26)27)15-18(23(21)30-4)11-8-17-9-12-19(13-10-17)25-31(5,28)29/h8-13,15-16,25H,6-7,14H2,1-5H3/b11-8+. The lowest BCUT2D eigenvalue weighted by molar-refractivity contribution is -0.117. The third-order valence-electron chi connectivity index (χ3n) is 5.17. The van der Waals surface area contributed by atoms with Gasteiger partial charge < -0.3 is 9.64 Å². The Labute approximate surface area is 185 Å². The number of ether oxygens (including phenoxy) is 1. The molecule has 2 aromatic carbocycles. The van der Waals surface area contributed by atoms with Gasteiger partial charge in [0.15, 0.2) is 0 Å². The number of anilines is 2. The summed E-state index contributed by atoms with van der Waals surface area (Å²) >= 11 is 0. The van der Waals surface area contributed by atoms with Crippen LogP contribution in [0.4, 0.5) is 11.4 Å². The van der Waals surface area contributed by atoms with Crippen molar-refractivity contribution in [2.24, 2.45) is 0 Å². The van der Waals surface area contributed by atoms with E-state index < -0.39 is 10.0 Å². The van der Waals surface area contributed by atoms with Crippen LogP contribution in [0, 0.1) is 0 Å². The molecule has 6 nitrogen and oxygen atoms in total. The van der Waals surface area contributed by atoms with E-state index in [0.717, 1.165) is 47.3 Å². The molecule has 0 radical (unpaired) electrons. The molecule has 31 heavy (non-hydrogen) atoms. The van der Waals surface area contributed by atoms with E-state index in [-0.39, 0.29) is 11.3 Å². The zero-order chi connectivity index (χ0) is 22.8. The SMILES string of the molecule is COc1c(/C=C/c2ccc(NS(C)(=O)=O)cc2)cc(N2CCCC2=O)cc1C(C)(C)C. The van der Waals surface area contributed by atoms with Gasteiger partial charge in [-0.2, -0.15) is 0 Å². The van der Waals surface area contributed by atoms with Gasteiger partial charge >= 0.3 is 0 Å². The van der Waals surface area contributed by atoms with Crippen LogP contribution in [-0.4, -0.2) is 34.2 Å². The maximum absolute atomic E-state index is 12.3. The lowest BCUT2D eigenvalue weighted by Gasteiger charge is -2.27. The number of carbonyl (C=O) groups is 1. The summed E-state index contributed by atoms with van der Waals surface area (Å²) < 4.78 is 31.0. The Balaban J connectivity index is 1.99. The van der Waals surface area contributed by atoms with Crippen LogP contribution in [0.25, 0.3) is 12.2 Å². The summed E-state index contributed by atoms with van der Waals surface area (Å²) in [6, 6.07) is 11.2. The van der Waals surface area contributed by atoms with E-state index in [1.54, 1.807) is 19.2 Å². The quantitative estimate of drug-likeness (QED) is 0.660. The molecule has 1 saturated heterocycles. The van der Waals surface area contributed by atoms with Crippen molar-refractivity contribution in [1.29, 1.82) is 0 Å². The van der Waals surface area contributed by atoms with Crippen LogP contribution in [0.2, 0.25) is 0 Å². The summed E-state index contributed by atoms with van der Waals surface area (Å²) in [6.45, 7) is 7.11. The summed E-state index contributed by atoms with van der Waals surface area (Å²) in [5.41, 5.74) is 4.09. The van der Waals surface area contributed by atoms with Crippen molar-refractivity contribution in [2.75, 3.05) is 29.5 Å². The maximum atomic E-state index is 12.3. The second-order valence-electron chi connectivity index (χ2n) is 8.84. The fourth-order valence-electron chi connectivity index (χ4n) is 3.68. The Morgan fingerprint density at radius 2 is 1.77 bits per heavy atom. The largest absolute Gasteiger partial charge is 0.496 e. The molecule has 1 aliphatic rings. The highest BCUT2D eigenvalue weighted by Gasteiger charge is 2.27. The summed E-state index contributed by atoms with van der Waals surface area (Å²) in [4.78, 5) is 14.2. The van der Waals surface area contributed by atoms with Gasteiger partial charge in [0.2, 0.25) is 15.9 Å². The lowest BCUT2D eigenvalue weighted by atomic mass is 9.84. The number of hydrogen-bond donors (Lipinski definition) is 1. The minimum Gasteiger partial charge on any atom is -0.496 e. The number of methoxy groups -OCH3 is 1. The lowest BCUT2D eigenvalue weighted by Crippen LogP contribution is -2.25. The molecule has 0 bridgehead atoms. The van der Waals surface area contributed by atoms with Gasteiger partial charge in [-0.15, -0.1) is 0 Å². The number of carbonyl (C=O) groups excluding carboxylic acids is 1. The van der Waals surface area contributed by atoms with Crippen molar-refractivity contribution in [3.05, 3.63) is 53.1 Å². The number of benzene rings is 2. The molecule has 0 aliphatic carbocycles. The fraction of sp³-hybridized carbons (Fsp3) is 0.375. The highest BCUT2D eigenvalue weighted by atomic mass is 32.2. The van der Waals surface area contributed by atoms with Crippen molar-refractivity contribution >= 4 is 39.5 Å². The van der Waals surface area contributed by atoms with Crippen LogP contribution in [-0.2, 0) is 20.2 Å². The average molecular weight is 443 g/mol. The first-order chi connectivity index (χ1) is 14.5. The van der Waals surface area contributed by atoms with Gasteiger partial charge in [0.05, 0.1) is 13.4 Å². The van der Waals surface area contributed by atoms with Gasteiger partial charge in [0, 0.05) is 35.5 Å². The van der Waals surface area contributed by atoms with Gasteiger partial charge in [-0.3, -0.25) is 9.52 Å². The minimum atomic E-state index is -3.31. The van der Waals surface area contributed by atoms with Crippen molar-refractivity contribution in [2.45, 2.75) is 39.0 Å². The molecule has 7 heteroatoms. The molecule has 0 unspecified atom stereocenters. The van der Waals surface area contributed by atoms with Gasteiger partial charge in [-0.05, 0) is 41.7 Å². The molecule has 0 aromatic heterocycles. The number of amides is 1. The zero-order valence-corrected chi connectivity index (χ0v) is 19.5. The van der Waals surface area contributed by atoms with E-state index in [0.29, 0.717) is 12.1 Å². The Bertz CT molecular complexity index is 1100. The van der Waals surface area contributed by atoms with Crippen LogP contribution in [0.1, 0.15) is 50.3 Å². The number of nitrogens with zero attached hydrogens (tertiary/aromatic N) is 1. The van der Waals surface area contributed by atoms with Crippen LogP contribution < -0.4 is 14.4 Å². The van der Waals surface area contributed by atoms with Gasteiger partial charge in [0.1, 0.15) is 5.75 Å². The Morgan fingerprint density at radius 1 is 1.10 bits per heavy atom. The van der Waals surface area contributed by atoms with Crippen LogP contribution in [0.15, 0.2) is 36.4 Å². The first kappa shape index (κ1) is 22.9. The maximum Gasteiger partial charge on any atom is 0.229 e. The number of nitrogens with one attached hydrogen (secondary N) is 1. The van der Waals surface area contributed by atoms with E-state index in [1.165, 1.54) is 0 Å². The first-order valence-corrected chi connectivity index (χ1v) is 12.2. The van der Waals surface area contributed by atoms with Crippen LogP contribution in [0.5, 0.6) is 5.75 Å². The van der Waals surface area contributed by atoms with Crippen LogP contribution in [0.3, 0.4) is 0 Å². The van der Waals surface area contributed by atoms with E-state index >= 15 is 0 Å². The molecular weight excluding hydrogens is 412 g/mol. The molecule has 0 spiro atoms. The van der Waals surface area contributed by atoms with E-state index in [2.05, 4.69) is 31.6 Å². The topological polar surface area (TPSA) is 75.7 Å². The third-order valence-corrected chi connectivity index (χ3v) is 5.78. The number of rotatable bonds is 6. The van der Waals surface area contributed by atoms with Crippen molar-refractivity contribution < 1.29 is 17.9 Å². The second kappa shape index (κ2) is 8.75. The first-order valence-electron chi connectivity index (χ1n) is 10.3. The highest BCUT2D eigenvalue weighted by Crippen LogP contribution is 2.39. The molecular formula is C24H30N2O4S. The summed E-state index contributed by atoms with van der Waals surface area (Å²) in [6.07, 6.45) is 6.49. The van der Waals surface area contributed by atoms with Crippen molar-refractivity contribution in [3.8, 4) is 5.75 Å². The van der Waals surface area contributed by atoms with Gasteiger partial charge in [0.25, 0.3) is 0 Å². The predicted octanol–water partition coefficient (Wildman–Crippen LogP) is 4.66. The summed E-state index contributed by atoms with van der Waals surface area (Å²) in [7, 11) is -1.65. The Morgan fingerprint density at radius 3 is 2.29 bits per heavy atom. The van der Waals surface area contributed by atoms with Crippen molar-refractivity contribution in [3.63, 3.8) is 0 Å². The number of hydrogen-bond acceptors (Lipinski definition) is 4. The smallest absolute Gasteiger partial charge is 0.229 e. The Hall–Kier alpha value is -2.80. The molecule has 0 atom stereocenters. The summed E-state index contributed by atoms with van der Waals surface area (Å²) in [5.74, 6) is 0.934. The molecule has 2 aromatic rings. The molecule has 0 saturated carbocycles. The van der Waals surface area contributed by atoms with E-state index in [9.17, 15) is 13.2 Å². The third kappa shape index (κ3) is 5.67. The van der Waals surface area contributed by atoms with E-state index in [1.807, 2.05) is 35.3 Å². The second-order valence-corrected chi connectivity index (χ2v) is 10.6. The molecule has 1 heterocycles. The van der Waals surface area contributed by atoms with Gasteiger partial charge in [-0.1, -0.05) is 45.1 Å². The highest BCUT2D eigenvalue weighted by molar-refractivity contribution is 7.92. The van der Waals surface area contributed by atoms with E-state index in [4.69, 9.17) is 4.74 Å². The average Bonchev–Trinajstić information content (AvgIpc) is 3.10. The molecule has 1 N–H and O–H groups in total. The molecule has 3 rings (SSSR count). The summed E-state index contributed by atoms with van der Waals surface area (Å²) in [5, 5.41) is 0. The normalized spacial score (nSPS) is 15.0. The minimum absolute atomic E-state index is 0.147. The predicted molar refractivity (Wildman–Crippen MR) is 127 cm³/mol. The molecule has 166 valence electrons. The molecule has 1 amide bonds. The monoisotopic (exact) mass is 442 g/mol.